The SMILES string of the molecule is CC(CN)CS(=O)(=O)CC(=O)N1CCCC1. The molecule has 1 aliphatic heterocycles. The van der Waals surface area contributed by atoms with Gasteiger partial charge in [-0.1, -0.05) is 6.92 Å². The van der Waals surface area contributed by atoms with E-state index in [1.807, 2.05) is 0 Å². The van der Waals surface area contributed by atoms with Gasteiger partial charge >= 0.3 is 0 Å². The van der Waals surface area contributed by atoms with Crippen molar-refractivity contribution in [3.63, 3.8) is 0 Å². The smallest absolute Gasteiger partial charge is 0.237 e. The first-order chi connectivity index (χ1) is 7.44. The van der Waals surface area contributed by atoms with Gasteiger partial charge in [-0.15, -0.1) is 0 Å². The predicted molar refractivity (Wildman–Crippen MR) is 62.7 cm³/mol. The zero-order valence-corrected chi connectivity index (χ0v) is 10.5. The first-order valence-corrected chi connectivity index (χ1v) is 7.45. The molecule has 1 saturated heterocycles. The lowest BCUT2D eigenvalue weighted by atomic mass is 10.2. The van der Waals surface area contributed by atoms with Crippen molar-refractivity contribution >= 4 is 15.7 Å². The molecule has 94 valence electrons. The fraction of sp³-hybridized carbons (Fsp3) is 0.900. The second-order valence-electron chi connectivity index (χ2n) is 4.48. The van der Waals surface area contributed by atoms with E-state index in [0.717, 1.165) is 12.8 Å². The minimum atomic E-state index is -3.30. The molecule has 16 heavy (non-hydrogen) atoms. The van der Waals surface area contributed by atoms with Gasteiger partial charge in [0.05, 0.1) is 5.75 Å². The normalized spacial score (nSPS) is 18.8. The van der Waals surface area contributed by atoms with Gasteiger partial charge in [-0.2, -0.15) is 0 Å². The molecule has 1 heterocycles. The second-order valence-corrected chi connectivity index (χ2v) is 6.59. The number of hydrogen-bond donors (Lipinski definition) is 1. The topological polar surface area (TPSA) is 80.5 Å². The van der Waals surface area contributed by atoms with Gasteiger partial charge in [0.1, 0.15) is 5.75 Å². The Labute approximate surface area is 96.9 Å². The van der Waals surface area contributed by atoms with Crippen LogP contribution < -0.4 is 5.73 Å². The van der Waals surface area contributed by atoms with Gasteiger partial charge in [0.15, 0.2) is 9.84 Å². The first-order valence-electron chi connectivity index (χ1n) is 5.63. The molecule has 2 N–H and O–H groups in total. The van der Waals surface area contributed by atoms with E-state index in [1.54, 1.807) is 11.8 Å². The highest BCUT2D eigenvalue weighted by molar-refractivity contribution is 7.92. The largest absolute Gasteiger partial charge is 0.342 e. The molecule has 1 rings (SSSR count). The Morgan fingerprint density at radius 2 is 1.94 bits per heavy atom. The van der Waals surface area contributed by atoms with Crippen LogP contribution in [0.1, 0.15) is 19.8 Å². The van der Waals surface area contributed by atoms with Crippen molar-refractivity contribution in [1.29, 1.82) is 0 Å². The van der Waals surface area contributed by atoms with Gasteiger partial charge in [-0.3, -0.25) is 4.79 Å². The fourth-order valence-electron chi connectivity index (χ4n) is 1.81. The van der Waals surface area contributed by atoms with Crippen molar-refractivity contribution in [2.24, 2.45) is 11.7 Å². The number of carbonyl (C=O) groups excluding carboxylic acids is 1. The van der Waals surface area contributed by atoms with Crippen molar-refractivity contribution in [3.8, 4) is 0 Å². The number of carbonyl (C=O) groups is 1. The molecule has 6 heteroatoms. The molecule has 1 amide bonds. The van der Waals surface area contributed by atoms with Crippen LogP contribution in [0.3, 0.4) is 0 Å². The lowest BCUT2D eigenvalue weighted by Crippen LogP contribution is -2.35. The Balaban J connectivity index is 2.48. The predicted octanol–water partition coefficient (Wildman–Crippen LogP) is -0.382. The molecule has 0 bridgehead atoms. The van der Waals surface area contributed by atoms with E-state index in [1.165, 1.54) is 0 Å². The molecular formula is C10H20N2O3S. The molecule has 0 radical (unpaired) electrons. The van der Waals surface area contributed by atoms with E-state index in [0.29, 0.717) is 19.6 Å². The number of likely N-dealkylation sites (tertiary alicyclic amines) is 1. The summed E-state index contributed by atoms with van der Waals surface area (Å²) >= 11 is 0. The van der Waals surface area contributed by atoms with E-state index in [2.05, 4.69) is 0 Å². The highest BCUT2D eigenvalue weighted by atomic mass is 32.2. The third-order valence-corrected chi connectivity index (χ3v) is 4.51. The molecule has 0 spiro atoms. The standard InChI is InChI=1S/C10H20N2O3S/c1-9(6-11)7-16(14,15)8-10(13)12-4-2-3-5-12/h9H,2-8,11H2,1H3. The minimum absolute atomic E-state index is 0.00306. The van der Waals surface area contributed by atoms with Gasteiger partial charge in [0.2, 0.25) is 5.91 Å². The molecule has 5 nitrogen and oxygen atoms in total. The van der Waals surface area contributed by atoms with Crippen molar-refractivity contribution in [2.45, 2.75) is 19.8 Å². The van der Waals surface area contributed by atoms with Crippen LogP contribution in [-0.2, 0) is 14.6 Å². The molecule has 0 saturated carbocycles. The molecular weight excluding hydrogens is 228 g/mol. The van der Waals surface area contributed by atoms with Crippen molar-refractivity contribution in [2.75, 3.05) is 31.1 Å². The summed E-state index contributed by atoms with van der Waals surface area (Å²) in [7, 11) is -3.30. The highest BCUT2D eigenvalue weighted by Crippen LogP contribution is 2.09. The Morgan fingerprint density at radius 3 is 2.44 bits per heavy atom. The monoisotopic (exact) mass is 248 g/mol. The fourth-order valence-corrected chi connectivity index (χ4v) is 3.49. The summed E-state index contributed by atoms with van der Waals surface area (Å²) in [6.45, 7) is 3.50. The van der Waals surface area contributed by atoms with Crippen LogP contribution >= 0.6 is 0 Å². The van der Waals surface area contributed by atoms with Gasteiger partial charge in [-0.25, -0.2) is 8.42 Å². The van der Waals surface area contributed by atoms with Gasteiger partial charge in [0, 0.05) is 13.1 Å². The van der Waals surface area contributed by atoms with Crippen LogP contribution in [0.5, 0.6) is 0 Å². The first kappa shape index (κ1) is 13.4. The third kappa shape index (κ3) is 4.09. The van der Waals surface area contributed by atoms with Gasteiger partial charge < -0.3 is 10.6 Å². The number of hydrogen-bond acceptors (Lipinski definition) is 4. The van der Waals surface area contributed by atoms with E-state index in [4.69, 9.17) is 5.73 Å². The molecule has 1 unspecified atom stereocenters. The van der Waals surface area contributed by atoms with Crippen molar-refractivity contribution in [1.82, 2.24) is 4.90 Å². The number of rotatable bonds is 5. The highest BCUT2D eigenvalue weighted by Gasteiger charge is 2.24. The van der Waals surface area contributed by atoms with Crippen LogP contribution in [0, 0.1) is 5.92 Å². The van der Waals surface area contributed by atoms with Crippen molar-refractivity contribution in [3.05, 3.63) is 0 Å². The molecule has 1 atom stereocenters. The van der Waals surface area contributed by atoms with Crippen LogP contribution in [-0.4, -0.2) is 50.4 Å². The Bertz CT molecular complexity index is 334. The maximum atomic E-state index is 11.7. The zero-order valence-electron chi connectivity index (χ0n) is 9.68. The maximum Gasteiger partial charge on any atom is 0.237 e. The molecule has 1 aliphatic rings. The summed E-state index contributed by atoms with van der Waals surface area (Å²) < 4.78 is 23.3. The Kier molecular flexibility index (Phi) is 4.73. The van der Waals surface area contributed by atoms with Crippen LogP contribution in [0.2, 0.25) is 0 Å². The Hall–Kier alpha value is -0.620. The average molecular weight is 248 g/mol. The van der Waals surface area contributed by atoms with Crippen LogP contribution in [0.4, 0.5) is 0 Å². The summed E-state index contributed by atoms with van der Waals surface area (Å²) in [6, 6.07) is 0. The lowest BCUT2D eigenvalue weighted by molar-refractivity contribution is -0.127. The van der Waals surface area contributed by atoms with Crippen LogP contribution in [0.25, 0.3) is 0 Å². The lowest BCUT2D eigenvalue weighted by Gasteiger charge is -2.16. The summed E-state index contributed by atoms with van der Waals surface area (Å²) in [5.41, 5.74) is 5.37. The Morgan fingerprint density at radius 1 is 1.38 bits per heavy atom. The quantitative estimate of drug-likeness (QED) is 0.719. The van der Waals surface area contributed by atoms with E-state index in [9.17, 15) is 13.2 Å². The molecule has 1 fully saturated rings. The number of nitrogens with two attached hydrogens (primary N) is 1. The van der Waals surface area contributed by atoms with E-state index in [-0.39, 0.29) is 23.3 Å². The molecule has 0 aliphatic carbocycles. The number of nitrogens with zero attached hydrogens (tertiary/aromatic N) is 1. The average Bonchev–Trinajstić information content (AvgIpc) is 2.68. The molecule has 0 aromatic carbocycles. The van der Waals surface area contributed by atoms with E-state index < -0.39 is 9.84 Å². The van der Waals surface area contributed by atoms with Crippen LogP contribution in [0.15, 0.2) is 0 Å². The second kappa shape index (κ2) is 5.63. The van der Waals surface area contributed by atoms with Gasteiger partial charge in [-0.05, 0) is 25.3 Å². The van der Waals surface area contributed by atoms with E-state index >= 15 is 0 Å². The minimum Gasteiger partial charge on any atom is -0.342 e. The summed E-state index contributed by atoms with van der Waals surface area (Å²) in [5.74, 6) is -0.710. The third-order valence-electron chi connectivity index (χ3n) is 2.74. The van der Waals surface area contributed by atoms with Gasteiger partial charge in [0.25, 0.3) is 0 Å². The summed E-state index contributed by atoms with van der Waals surface area (Å²) in [6.07, 6.45) is 1.95. The van der Waals surface area contributed by atoms with Crippen molar-refractivity contribution < 1.29 is 13.2 Å². The summed E-state index contributed by atoms with van der Waals surface area (Å²) in [4.78, 5) is 13.3. The molecule has 0 aromatic heterocycles. The number of amides is 1. The zero-order chi connectivity index (χ0) is 12.2. The number of sulfone groups is 1. The summed E-state index contributed by atoms with van der Waals surface area (Å²) in [5, 5.41) is 0. The maximum absolute atomic E-state index is 11.7. The molecule has 0 aromatic rings.